The molecule has 1 atom stereocenters. The van der Waals surface area contributed by atoms with Crippen molar-refractivity contribution < 1.29 is 13.2 Å². The Bertz CT molecular complexity index is 554. The van der Waals surface area contributed by atoms with Gasteiger partial charge in [-0.1, -0.05) is 6.07 Å². The molecule has 1 saturated heterocycles. The van der Waals surface area contributed by atoms with Crippen LogP contribution in [0, 0.1) is 0 Å². The van der Waals surface area contributed by atoms with Gasteiger partial charge in [-0.15, -0.1) is 12.6 Å². The second-order valence-electron chi connectivity index (χ2n) is 4.39. The molecule has 2 rings (SSSR count). The highest BCUT2D eigenvalue weighted by molar-refractivity contribution is 7.92. The molecule has 1 aliphatic heterocycles. The zero-order chi connectivity index (χ0) is 13.2. The van der Waals surface area contributed by atoms with Crippen LogP contribution in [0.3, 0.4) is 0 Å². The van der Waals surface area contributed by atoms with Gasteiger partial charge in [0, 0.05) is 17.0 Å². The van der Waals surface area contributed by atoms with Crippen LogP contribution in [-0.4, -0.2) is 31.9 Å². The standard InChI is InChI=1S/C12H15NO3S2/c14-12(9-3-1-4-10(17)7-9)13-8-11-5-2-6-18(11,15)16/h1,3-4,7,11,17H,2,5-6,8H2,(H,13,14). The van der Waals surface area contributed by atoms with Crippen molar-refractivity contribution in [1.82, 2.24) is 5.32 Å². The summed E-state index contributed by atoms with van der Waals surface area (Å²) in [4.78, 5) is 12.5. The number of nitrogens with one attached hydrogen (secondary N) is 1. The fraction of sp³-hybridized carbons (Fsp3) is 0.417. The van der Waals surface area contributed by atoms with Crippen molar-refractivity contribution >= 4 is 28.4 Å². The molecule has 0 saturated carbocycles. The zero-order valence-corrected chi connectivity index (χ0v) is 11.5. The van der Waals surface area contributed by atoms with Crippen molar-refractivity contribution in [2.24, 2.45) is 0 Å². The first-order chi connectivity index (χ1) is 8.49. The smallest absolute Gasteiger partial charge is 0.251 e. The Morgan fingerprint density at radius 2 is 2.22 bits per heavy atom. The molecule has 98 valence electrons. The molecule has 4 nitrogen and oxygen atoms in total. The minimum atomic E-state index is -3.00. The fourth-order valence-corrected chi connectivity index (χ4v) is 4.03. The first-order valence-electron chi connectivity index (χ1n) is 5.78. The van der Waals surface area contributed by atoms with Crippen LogP contribution in [0.15, 0.2) is 29.2 Å². The molecule has 0 bridgehead atoms. The largest absolute Gasteiger partial charge is 0.351 e. The molecule has 18 heavy (non-hydrogen) atoms. The van der Waals surface area contributed by atoms with Gasteiger partial charge in [-0.25, -0.2) is 8.42 Å². The molecule has 1 aromatic carbocycles. The number of thiol groups is 1. The van der Waals surface area contributed by atoms with Gasteiger partial charge in [-0.3, -0.25) is 4.79 Å². The SMILES string of the molecule is O=C(NCC1CCCS1(=O)=O)c1cccc(S)c1. The molecule has 0 radical (unpaired) electrons. The maximum Gasteiger partial charge on any atom is 0.251 e. The molecule has 1 amide bonds. The molecule has 1 aromatic rings. The third-order valence-electron chi connectivity index (χ3n) is 3.06. The summed E-state index contributed by atoms with van der Waals surface area (Å²) in [6, 6.07) is 6.85. The highest BCUT2D eigenvalue weighted by atomic mass is 32.2. The summed E-state index contributed by atoms with van der Waals surface area (Å²) in [5.41, 5.74) is 0.498. The van der Waals surface area contributed by atoms with E-state index in [0.717, 1.165) is 0 Å². The van der Waals surface area contributed by atoms with E-state index in [1.165, 1.54) is 0 Å². The van der Waals surface area contributed by atoms with E-state index in [1.54, 1.807) is 24.3 Å². The van der Waals surface area contributed by atoms with Gasteiger partial charge < -0.3 is 5.32 Å². The van der Waals surface area contributed by atoms with E-state index in [4.69, 9.17) is 0 Å². The normalized spacial score (nSPS) is 21.7. The zero-order valence-electron chi connectivity index (χ0n) is 9.80. The molecule has 1 aliphatic rings. The van der Waals surface area contributed by atoms with Crippen LogP contribution in [0.1, 0.15) is 23.2 Å². The van der Waals surface area contributed by atoms with Crippen LogP contribution < -0.4 is 5.32 Å². The summed E-state index contributed by atoms with van der Waals surface area (Å²) in [6.45, 7) is 0.192. The van der Waals surface area contributed by atoms with Crippen molar-refractivity contribution in [1.29, 1.82) is 0 Å². The number of amides is 1. The summed E-state index contributed by atoms with van der Waals surface area (Å²) >= 11 is 4.16. The van der Waals surface area contributed by atoms with Gasteiger partial charge in [0.15, 0.2) is 9.84 Å². The summed E-state index contributed by atoms with van der Waals surface area (Å²) in [5.74, 6) is -0.0207. The fourth-order valence-electron chi connectivity index (χ4n) is 2.04. The van der Waals surface area contributed by atoms with Crippen molar-refractivity contribution in [3.05, 3.63) is 29.8 Å². The van der Waals surface area contributed by atoms with Crippen LogP contribution in [-0.2, 0) is 9.84 Å². The molecule has 1 heterocycles. The van der Waals surface area contributed by atoms with Crippen LogP contribution in [0.2, 0.25) is 0 Å². The molecular weight excluding hydrogens is 270 g/mol. The Balaban J connectivity index is 1.97. The predicted octanol–water partition coefficient (Wildman–Crippen LogP) is 1.28. The van der Waals surface area contributed by atoms with Gasteiger partial charge >= 0.3 is 0 Å². The summed E-state index contributed by atoms with van der Waals surface area (Å²) in [6.07, 6.45) is 1.32. The Hall–Kier alpha value is -1.01. The van der Waals surface area contributed by atoms with Gasteiger partial charge in [0.25, 0.3) is 5.91 Å². The van der Waals surface area contributed by atoms with E-state index in [0.29, 0.717) is 23.3 Å². The van der Waals surface area contributed by atoms with Crippen LogP contribution in [0.25, 0.3) is 0 Å². The van der Waals surface area contributed by atoms with Crippen LogP contribution >= 0.6 is 12.6 Å². The van der Waals surface area contributed by atoms with Crippen molar-refractivity contribution in [2.75, 3.05) is 12.3 Å². The number of benzene rings is 1. The van der Waals surface area contributed by atoms with Crippen molar-refractivity contribution in [3.8, 4) is 0 Å². The van der Waals surface area contributed by atoms with E-state index >= 15 is 0 Å². The molecule has 1 N–H and O–H groups in total. The second-order valence-corrected chi connectivity index (χ2v) is 7.31. The van der Waals surface area contributed by atoms with Gasteiger partial charge in [0.05, 0.1) is 11.0 Å². The summed E-state index contributed by atoms with van der Waals surface area (Å²) in [7, 11) is -3.00. The number of carbonyl (C=O) groups is 1. The first-order valence-corrected chi connectivity index (χ1v) is 7.94. The molecular formula is C12H15NO3S2. The number of hydrogen-bond donors (Lipinski definition) is 2. The van der Waals surface area contributed by atoms with Gasteiger partial charge in [0.1, 0.15) is 0 Å². The molecule has 1 unspecified atom stereocenters. The lowest BCUT2D eigenvalue weighted by Crippen LogP contribution is -2.34. The van der Waals surface area contributed by atoms with Gasteiger partial charge in [-0.2, -0.15) is 0 Å². The average molecular weight is 285 g/mol. The third kappa shape index (κ3) is 3.05. The lowest BCUT2D eigenvalue weighted by molar-refractivity contribution is 0.0953. The summed E-state index contributed by atoms with van der Waals surface area (Å²) < 4.78 is 23.2. The molecule has 1 fully saturated rings. The van der Waals surface area contributed by atoms with E-state index in [-0.39, 0.29) is 18.2 Å². The minimum Gasteiger partial charge on any atom is -0.351 e. The van der Waals surface area contributed by atoms with Crippen LogP contribution in [0.4, 0.5) is 0 Å². The Labute approximate surface area is 112 Å². The highest BCUT2D eigenvalue weighted by Gasteiger charge is 2.31. The predicted molar refractivity (Wildman–Crippen MR) is 72.8 cm³/mol. The topological polar surface area (TPSA) is 63.2 Å². The van der Waals surface area contributed by atoms with Crippen molar-refractivity contribution in [2.45, 2.75) is 23.0 Å². The number of carbonyl (C=O) groups excluding carboxylic acids is 1. The second kappa shape index (κ2) is 5.32. The summed E-state index contributed by atoms with van der Waals surface area (Å²) in [5, 5.41) is 2.24. The maximum atomic E-state index is 11.8. The molecule has 0 aromatic heterocycles. The molecule has 0 aliphatic carbocycles. The average Bonchev–Trinajstić information content (AvgIpc) is 2.65. The Kier molecular flexibility index (Phi) is 3.97. The quantitative estimate of drug-likeness (QED) is 0.822. The van der Waals surface area contributed by atoms with E-state index in [1.807, 2.05) is 0 Å². The number of rotatable bonds is 3. The lowest BCUT2D eigenvalue weighted by atomic mass is 10.2. The third-order valence-corrected chi connectivity index (χ3v) is 5.62. The molecule has 6 heteroatoms. The number of sulfone groups is 1. The van der Waals surface area contributed by atoms with E-state index < -0.39 is 15.1 Å². The monoisotopic (exact) mass is 285 g/mol. The lowest BCUT2D eigenvalue weighted by Gasteiger charge is -2.10. The van der Waals surface area contributed by atoms with E-state index in [9.17, 15) is 13.2 Å². The Morgan fingerprint density at radius 1 is 1.44 bits per heavy atom. The number of hydrogen-bond acceptors (Lipinski definition) is 4. The van der Waals surface area contributed by atoms with Gasteiger partial charge in [-0.05, 0) is 31.0 Å². The van der Waals surface area contributed by atoms with Crippen LogP contribution in [0.5, 0.6) is 0 Å². The van der Waals surface area contributed by atoms with E-state index in [2.05, 4.69) is 17.9 Å². The van der Waals surface area contributed by atoms with Gasteiger partial charge in [0.2, 0.25) is 0 Å². The molecule has 0 spiro atoms. The highest BCUT2D eigenvalue weighted by Crippen LogP contribution is 2.19. The maximum absolute atomic E-state index is 11.8. The van der Waals surface area contributed by atoms with Crippen molar-refractivity contribution in [3.63, 3.8) is 0 Å². The minimum absolute atomic E-state index is 0.192. The first kappa shape index (κ1) is 13.4. The Morgan fingerprint density at radius 3 is 2.83 bits per heavy atom.